The van der Waals surface area contributed by atoms with Gasteiger partial charge in [0.05, 0.1) is 13.5 Å². The first-order valence-electron chi connectivity index (χ1n) is 6.76. The van der Waals surface area contributed by atoms with Crippen LogP contribution in [0.4, 0.5) is 6.01 Å². The van der Waals surface area contributed by atoms with Gasteiger partial charge in [-0.3, -0.25) is 4.79 Å². The zero-order valence-corrected chi connectivity index (χ0v) is 12.4. The number of rotatable bonds is 6. The van der Waals surface area contributed by atoms with E-state index < -0.39 is 0 Å². The van der Waals surface area contributed by atoms with Crippen LogP contribution >= 0.6 is 0 Å². The normalized spacial score (nSPS) is 12.0. The Hall–Kier alpha value is -2.37. The van der Waals surface area contributed by atoms with Gasteiger partial charge in [-0.2, -0.15) is 0 Å². The third-order valence-corrected chi connectivity index (χ3v) is 3.10. The molecule has 1 heterocycles. The minimum absolute atomic E-state index is 0.167. The highest BCUT2D eigenvalue weighted by Crippen LogP contribution is 2.14. The zero-order chi connectivity index (χ0) is 15.2. The van der Waals surface area contributed by atoms with Crippen LogP contribution in [0.2, 0.25) is 0 Å². The first kappa shape index (κ1) is 15.0. The third-order valence-electron chi connectivity index (χ3n) is 3.10. The molecule has 1 atom stereocenters. The van der Waals surface area contributed by atoms with Crippen LogP contribution in [0, 0.1) is 13.8 Å². The lowest BCUT2D eigenvalue weighted by atomic mass is 10.0. The lowest BCUT2D eigenvalue weighted by Crippen LogP contribution is -2.26. The van der Waals surface area contributed by atoms with Gasteiger partial charge in [0.15, 0.2) is 0 Å². The quantitative estimate of drug-likeness (QED) is 0.822. The van der Waals surface area contributed by atoms with Gasteiger partial charge in [-0.05, 0) is 18.9 Å². The van der Waals surface area contributed by atoms with Crippen LogP contribution in [0.25, 0.3) is 0 Å². The van der Waals surface area contributed by atoms with Gasteiger partial charge in [-0.25, -0.2) is 0 Å². The second-order valence-electron chi connectivity index (χ2n) is 4.94. The summed E-state index contributed by atoms with van der Waals surface area (Å²) in [6.07, 6.45) is 0.891. The third kappa shape index (κ3) is 4.59. The summed E-state index contributed by atoms with van der Waals surface area (Å²) in [6.45, 7) is 3.75. The summed E-state index contributed by atoms with van der Waals surface area (Å²) in [7, 11) is 1.38. The van der Waals surface area contributed by atoms with E-state index >= 15 is 0 Å². The minimum Gasteiger partial charge on any atom is -0.469 e. The second kappa shape index (κ2) is 6.88. The van der Waals surface area contributed by atoms with Crippen LogP contribution in [-0.2, 0) is 16.0 Å². The molecule has 21 heavy (non-hydrogen) atoms. The molecule has 2 aromatic rings. The summed E-state index contributed by atoms with van der Waals surface area (Å²) < 4.78 is 10.0. The van der Waals surface area contributed by atoms with Gasteiger partial charge in [0.25, 0.3) is 0 Å². The van der Waals surface area contributed by atoms with Gasteiger partial charge in [-0.15, -0.1) is 5.10 Å². The number of nitrogens with zero attached hydrogens (tertiary/aromatic N) is 2. The lowest BCUT2D eigenvalue weighted by molar-refractivity contribution is -0.140. The van der Waals surface area contributed by atoms with E-state index in [0.29, 0.717) is 18.3 Å². The molecule has 112 valence electrons. The van der Waals surface area contributed by atoms with Crippen molar-refractivity contribution in [1.82, 2.24) is 10.2 Å². The largest absolute Gasteiger partial charge is 0.469 e. The number of hydrogen-bond donors (Lipinski definition) is 1. The smallest absolute Gasteiger partial charge is 0.315 e. The number of esters is 1. The van der Waals surface area contributed by atoms with Crippen molar-refractivity contribution in [3.63, 3.8) is 0 Å². The average Bonchev–Trinajstić information content (AvgIpc) is 2.86. The summed E-state index contributed by atoms with van der Waals surface area (Å²) in [5.74, 6) is 0.195. The van der Waals surface area contributed by atoms with Crippen molar-refractivity contribution in [1.29, 1.82) is 0 Å². The second-order valence-corrected chi connectivity index (χ2v) is 4.94. The first-order valence-corrected chi connectivity index (χ1v) is 6.76. The lowest BCUT2D eigenvalue weighted by Gasteiger charge is -2.16. The topological polar surface area (TPSA) is 77.2 Å². The monoisotopic (exact) mass is 289 g/mol. The molecule has 0 unspecified atom stereocenters. The van der Waals surface area contributed by atoms with E-state index in [1.165, 1.54) is 12.7 Å². The molecular weight excluding hydrogens is 270 g/mol. The van der Waals surface area contributed by atoms with Crippen LogP contribution in [0.3, 0.4) is 0 Å². The molecule has 0 spiro atoms. The molecule has 0 saturated heterocycles. The summed E-state index contributed by atoms with van der Waals surface area (Å²) in [6, 6.07) is 8.32. The summed E-state index contributed by atoms with van der Waals surface area (Å²) >= 11 is 0. The molecule has 6 heteroatoms. The molecule has 1 aromatic heterocycles. The predicted molar refractivity (Wildman–Crippen MR) is 78.0 cm³/mol. The molecule has 0 bridgehead atoms. The highest BCUT2D eigenvalue weighted by Gasteiger charge is 2.17. The molecular formula is C15H19N3O3. The van der Waals surface area contributed by atoms with E-state index in [1.54, 1.807) is 6.92 Å². The number of aromatic nitrogens is 2. The number of aryl methyl sites for hydroxylation is 2. The van der Waals surface area contributed by atoms with Crippen molar-refractivity contribution in [2.45, 2.75) is 32.7 Å². The fourth-order valence-corrected chi connectivity index (χ4v) is 2.00. The van der Waals surface area contributed by atoms with Gasteiger partial charge in [-0.1, -0.05) is 34.9 Å². The highest BCUT2D eigenvalue weighted by atomic mass is 16.5. The molecule has 1 N–H and O–H groups in total. The van der Waals surface area contributed by atoms with Crippen molar-refractivity contribution in [2.75, 3.05) is 12.4 Å². The van der Waals surface area contributed by atoms with Crippen LogP contribution in [0.15, 0.2) is 28.7 Å². The number of nitrogens with one attached hydrogen (secondary N) is 1. The maximum Gasteiger partial charge on any atom is 0.315 e. The average molecular weight is 289 g/mol. The molecule has 0 saturated carbocycles. The van der Waals surface area contributed by atoms with Gasteiger partial charge in [0, 0.05) is 13.0 Å². The maximum atomic E-state index is 11.5. The molecule has 0 fully saturated rings. The van der Waals surface area contributed by atoms with E-state index in [4.69, 9.17) is 9.15 Å². The van der Waals surface area contributed by atoms with Crippen molar-refractivity contribution in [3.8, 4) is 0 Å². The number of methoxy groups -OCH3 is 1. The first-order chi connectivity index (χ1) is 10.1. The molecule has 0 amide bonds. The van der Waals surface area contributed by atoms with Gasteiger partial charge in [0.2, 0.25) is 5.89 Å². The molecule has 2 rings (SSSR count). The number of ether oxygens (including phenoxy) is 1. The molecule has 0 aliphatic rings. The molecule has 1 aromatic carbocycles. The van der Waals surface area contributed by atoms with E-state index in [1.807, 2.05) is 31.2 Å². The Kier molecular flexibility index (Phi) is 4.92. The molecule has 0 aliphatic carbocycles. The van der Waals surface area contributed by atoms with E-state index in [2.05, 4.69) is 15.5 Å². The predicted octanol–water partition coefficient (Wildman–Crippen LogP) is 2.27. The van der Waals surface area contributed by atoms with Crippen LogP contribution in [0.1, 0.15) is 23.4 Å². The SMILES string of the molecule is COC(=O)C[C@@H](Cc1ccc(C)cc1)Nc1nnc(C)o1. The van der Waals surface area contributed by atoms with Crippen molar-refractivity contribution < 1.29 is 13.9 Å². The van der Waals surface area contributed by atoms with Crippen molar-refractivity contribution in [2.24, 2.45) is 0 Å². The Balaban J connectivity index is 2.07. The van der Waals surface area contributed by atoms with E-state index in [0.717, 1.165) is 5.56 Å². The van der Waals surface area contributed by atoms with Gasteiger partial charge >= 0.3 is 12.0 Å². The van der Waals surface area contributed by atoms with Crippen LogP contribution in [0.5, 0.6) is 0 Å². The Bertz CT molecular complexity index is 592. The number of carbonyl (C=O) groups excluding carboxylic acids is 1. The van der Waals surface area contributed by atoms with Gasteiger partial charge in [0.1, 0.15) is 0 Å². The zero-order valence-electron chi connectivity index (χ0n) is 12.4. The molecule has 0 radical (unpaired) electrons. The Morgan fingerprint density at radius 2 is 2.00 bits per heavy atom. The summed E-state index contributed by atoms with van der Waals surface area (Å²) in [4.78, 5) is 11.5. The van der Waals surface area contributed by atoms with Crippen molar-refractivity contribution in [3.05, 3.63) is 41.3 Å². The van der Waals surface area contributed by atoms with Crippen LogP contribution in [-0.4, -0.2) is 29.3 Å². The number of hydrogen-bond acceptors (Lipinski definition) is 6. The Morgan fingerprint density at radius 1 is 1.29 bits per heavy atom. The van der Waals surface area contributed by atoms with Crippen LogP contribution < -0.4 is 5.32 Å². The minimum atomic E-state index is -0.282. The van der Waals surface area contributed by atoms with Gasteiger partial charge < -0.3 is 14.5 Å². The van der Waals surface area contributed by atoms with E-state index in [-0.39, 0.29) is 18.4 Å². The Labute approximate surface area is 123 Å². The number of carbonyl (C=O) groups is 1. The van der Waals surface area contributed by atoms with E-state index in [9.17, 15) is 4.79 Å². The highest BCUT2D eigenvalue weighted by molar-refractivity contribution is 5.70. The fraction of sp³-hybridized carbons (Fsp3) is 0.400. The fourth-order valence-electron chi connectivity index (χ4n) is 2.00. The molecule has 0 aliphatic heterocycles. The standard InChI is InChI=1S/C15H19N3O3/c1-10-4-6-12(7-5-10)8-13(9-14(19)20-3)16-15-18-17-11(2)21-15/h4-7,13H,8-9H2,1-3H3,(H,16,18)/t13-/m1/s1. The number of anilines is 1. The van der Waals surface area contributed by atoms with Crippen molar-refractivity contribution >= 4 is 12.0 Å². The maximum absolute atomic E-state index is 11.5. The Morgan fingerprint density at radius 3 is 2.57 bits per heavy atom. The summed E-state index contributed by atoms with van der Waals surface area (Å²) in [5.41, 5.74) is 2.32. The number of benzene rings is 1. The summed E-state index contributed by atoms with van der Waals surface area (Å²) in [5, 5.41) is 10.7. The molecule has 6 nitrogen and oxygen atoms in total.